The summed E-state index contributed by atoms with van der Waals surface area (Å²) < 4.78 is 11.5. The molecule has 0 fully saturated rings. The van der Waals surface area contributed by atoms with Gasteiger partial charge >= 0.3 is 0 Å². The minimum absolute atomic E-state index is 0.0360. The number of aromatic amines is 2. The number of anilines is 1. The summed E-state index contributed by atoms with van der Waals surface area (Å²) in [4.78, 5) is 23.9. The molecule has 0 radical (unpaired) electrons. The second kappa shape index (κ2) is 12.9. The summed E-state index contributed by atoms with van der Waals surface area (Å²) in [5, 5.41) is 21.2. The molecule has 214 valence electrons. The van der Waals surface area contributed by atoms with E-state index in [1.165, 1.54) is 36.4 Å². The fraction of sp³-hybridized carbons (Fsp3) is 0.231. The van der Waals surface area contributed by atoms with Gasteiger partial charge in [-0.15, -0.1) is 15.3 Å². The lowest BCUT2D eigenvalue weighted by Crippen LogP contribution is -2.15. The summed E-state index contributed by atoms with van der Waals surface area (Å²) in [6, 6.07) is 9.08. The first-order valence-corrected chi connectivity index (χ1v) is 13.6. The van der Waals surface area contributed by atoms with Crippen molar-refractivity contribution in [3.05, 3.63) is 88.3 Å². The lowest BCUT2D eigenvalue weighted by atomic mass is 10.1. The highest BCUT2D eigenvalue weighted by molar-refractivity contribution is 6.38. The molecule has 2 aromatic carbocycles. The number of hydrogen-bond acceptors (Lipinski definition) is 8. The third kappa shape index (κ3) is 7.36. The second-order valence-electron chi connectivity index (χ2n) is 9.31. The van der Waals surface area contributed by atoms with Gasteiger partial charge in [0.2, 0.25) is 11.8 Å². The number of benzene rings is 2. The number of H-pyrrole nitrogens is 2. The van der Waals surface area contributed by atoms with Crippen LogP contribution in [0.5, 0.6) is 23.3 Å². The van der Waals surface area contributed by atoms with Crippen LogP contribution in [0.2, 0.25) is 20.1 Å². The van der Waals surface area contributed by atoms with E-state index in [1.807, 2.05) is 27.7 Å². The van der Waals surface area contributed by atoms with E-state index < -0.39 is 0 Å². The molecule has 2 aromatic heterocycles. The van der Waals surface area contributed by atoms with Crippen LogP contribution in [-0.2, 0) is 0 Å². The minimum atomic E-state index is -0.302. The largest absolute Gasteiger partial charge is 0.434 e. The molecule has 0 saturated carbocycles. The highest BCUT2D eigenvalue weighted by Gasteiger charge is 2.16. The zero-order valence-electron chi connectivity index (χ0n) is 22.1. The normalized spacial score (nSPS) is 11.5. The van der Waals surface area contributed by atoms with Crippen molar-refractivity contribution in [2.24, 2.45) is 10.3 Å². The Bertz CT molecular complexity index is 1690. The van der Waals surface area contributed by atoms with Gasteiger partial charge in [-0.1, -0.05) is 79.3 Å². The maximum Gasteiger partial charge on any atom is 0.267 e. The van der Waals surface area contributed by atoms with Crippen molar-refractivity contribution < 1.29 is 9.47 Å². The number of ether oxygens (including phenoxy) is 2. The van der Waals surface area contributed by atoms with E-state index in [2.05, 4.69) is 36.2 Å². The molecular formula is C26H23Cl4N7O4. The van der Waals surface area contributed by atoms with Gasteiger partial charge < -0.3 is 9.47 Å². The van der Waals surface area contributed by atoms with Gasteiger partial charge in [0.25, 0.3) is 11.1 Å². The van der Waals surface area contributed by atoms with Gasteiger partial charge in [0.15, 0.2) is 11.5 Å². The van der Waals surface area contributed by atoms with Gasteiger partial charge in [-0.3, -0.25) is 15.0 Å². The lowest BCUT2D eigenvalue weighted by Gasteiger charge is -2.12. The van der Waals surface area contributed by atoms with Crippen molar-refractivity contribution in [2.45, 2.75) is 39.5 Å². The van der Waals surface area contributed by atoms with E-state index in [4.69, 9.17) is 55.9 Å². The van der Waals surface area contributed by atoms with E-state index >= 15 is 0 Å². The summed E-state index contributed by atoms with van der Waals surface area (Å²) in [6.07, 6.45) is 0. The molecule has 3 N–H and O–H groups in total. The third-order valence-corrected chi connectivity index (χ3v) is 6.72. The van der Waals surface area contributed by atoms with Crippen LogP contribution < -0.4 is 26.0 Å². The van der Waals surface area contributed by atoms with Gasteiger partial charge in [-0.2, -0.15) is 0 Å². The third-order valence-electron chi connectivity index (χ3n) is 5.60. The fourth-order valence-electron chi connectivity index (χ4n) is 3.54. The molecule has 0 unspecified atom stereocenters. The standard InChI is InChI=1S/C26H23Cl4N7O4/c1-11(2)15-9-21(33-35-25(15)38)40-23-17(27)5-13(6-18(23)28)31-37-32-14-7-19(29)24(20(30)8-14)41-22-10-16(12(3)4)26(39)36-34-22/h5-12H,1-4H3,(H,31,32)(H,35,38)(H,36,39). The summed E-state index contributed by atoms with van der Waals surface area (Å²) in [6.45, 7) is 7.50. The first kappa shape index (κ1) is 30.3. The van der Waals surface area contributed by atoms with Crippen molar-refractivity contribution in [3.63, 3.8) is 0 Å². The predicted molar refractivity (Wildman–Crippen MR) is 159 cm³/mol. The molecule has 0 spiro atoms. The molecule has 4 rings (SSSR count). The maximum absolute atomic E-state index is 11.9. The molecule has 0 saturated heterocycles. The van der Waals surface area contributed by atoms with Crippen molar-refractivity contribution in [3.8, 4) is 23.3 Å². The number of nitrogens with one attached hydrogen (secondary N) is 3. The summed E-state index contributed by atoms with van der Waals surface area (Å²) in [5.41, 5.74) is 3.87. The predicted octanol–water partition coefficient (Wildman–Crippen LogP) is 8.41. The van der Waals surface area contributed by atoms with Crippen LogP contribution in [0, 0.1) is 0 Å². The average molecular weight is 639 g/mol. The zero-order chi connectivity index (χ0) is 29.8. The van der Waals surface area contributed by atoms with Crippen molar-refractivity contribution in [2.75, 3.05) is 5.43 Å². The van der Waals surface area contributed by atoms with Crippen LogP contribution in [0.1, 0.15) is 50.7 Å². The molecule has 11 nitrogen and oxygen atoms in total. The fourth-order valence-corrected chi connectivity index (χ4v) is 4.66. The number of nitrogens with zero attached hydrogens (tertiary/aromatic N) is 4. The first-order valence-electron chi connectivity index (χ1n) is 12.1. The molecule has 0 aliphatic heterocycles. The van der Waals surface area contributed by atoms with Crippen LogP contribution in [0.15, 0.2) is 56.3 Å². The molecule has 2 heterocycles. The van der Waals surface area contributed by atoms with Gasteiger partial charge in [0.05, 0.1) is 31.5 Å². The molecule has 0 atom stereocenters. The second-order valence-corrected chi connectivity index (χ2v) is 10.9. The quantitative estimate of drug-likeness (QED) is 0.123. The molecule has 15 heteroatoms. The number of rotatable bonds is 9. The number of halogens is 4. The smallest absolute Gasteiger partial charge is 0.267 e. The summed E-state index contributed by atoms with van der Waals surface area (Å²) >= 11 is 25.5. The van der Waals surface area contributed by atoms with Gasteiger partial charge in [-0.25, -0.2) is 10.2 Å². The Hall–Kier alpha value is -3.64. The van der Waals surface area contributed by atoms with Gasteiger partial charge in [-0.05, 0) is 36.1 Å². The van der Waals surface area contributed by atoms with Gasteiger partial charge in [0, 0.05) is 23.3 Å². The van der Waals surface area contributed by atoms with E-state index in [0.717, 1.165) is 0 Å². The zero-order valence-corrected chi connectivity index (χ0v) is 25.1. The Morgan fingerprint density at radius 3 is 1.54 bits per heavy atom. The topological polar surface area (TPSA) is 147 Å². The maximum atomic E-state index is 11.9. The molecule has 41 heavy (non-hydrogen) atoms. The van der Waals surface area contributed by atoms with E-state index in [9.17, 15) is 9.59 Å². The Morgan fingerprint density at radius 2 is 1.12 bits per heavy atom. The molecule has 0 aliphatic carbocycles. The van der Waals surface area contributed by atoms with Crippen LogP contribution in [0.3, 0.4) is 0 Å². The Kier molecular flexibility index (Phi) is 9.54. The average Bonchev–Trinajstić information content (AvgIpc) is 2.90. The van der Waals surface area contributed by atoms with Crippen LogP contribution >= 0.6 is 46.4 Å². The Balaban J connectivity index is 1.47. The Labute approximate surface area is 253 Å². The van der Waals surface area contributed by atoms with E-state index in [0.29, 0.717) is 22.5 Å². The molecule has 0 aliphatic rings. The molecular weight excluding hydrogens is 616 g/mol. The van der Waals surface area contributed by atoms with E-state index in [1.54, 1.807) is 0 Å². The number of aromatic nitrogens is 4. The van der Waals surface area contributed by atoms with E-state index in [-0.39, 0.29) is 66.3 Å². The molecule has 0 amide bonds. The van der Waals surface area contributed by atoms with Crippen LogP contribution in [-0.4, -0.2) is 20.4 Å². The first-order chi connectivity index (χ1) is 19.4. The highest BCUT2D eigenvalue weighted by Crippen LogP contribution is 2.40. The van der Waals surface area contributed by atoms with Gasteiger partial charge in [0.1, 0.15) is 0 Å². The molecule has 0 bridgehead atoms. The number of hydrogen-bond donors (Lipinski definition) is 3. The SMILES string of the molecule is CC(C)c1cc(Oc2c(Cl)cc(N=NNc3cc(Cl)c(Oc4cc(C(C)C)c(=O)[nH]n4)c(Cl)c3)cc2Cl)n[nH]c1=O. The monoisotopic (exact) mass is 637 g/mol. The van der Waals surface area contributed by atoms with Crippen molar-refractivity contribution >= 4 is 57.8 Å². The Morgan fingerprint density at radius 1 is 0.707 bits per heavy atom. The van der Waals surface area contributed by atoms with Crippen molar-refractivity contribution in [1.29, 1.82) is 0 Å². The lowest BCUT2D eigenvalue weighted by molar-refractivity contribution is 0.452. The van der Waals surface area contributed by atoms with Crippen LogP contribution in [0.4, 0.5) is 11.4 Å². The van der Waals surface area contributed by atoms with Crippen LogP contribution in [0.25, 0.3) is 0 Å². The van der Waals surface area contributed by atoms with Crippen molar-refractivity contribution in [1.82, 2.24) is 20.4 Å². The molecule has 4 aromatic rings. The summed E-state index contributed by atoms with van der Waals surface area (Å²) in [5.74, 6) is 0.481. The minimum Gasteiger partial charge on any atom is -0.434 e. The highest BCUT2D eigenvalue weighted by atomic mass is 35.5. The summed E-state index contributed by atoms with van der Waals surface area (Å²) in [7, 11) is 0.